The van der Waals surface area contributed by atoms with Gasteiger partial charge in [-0.3, -0.25) is 0 Å². The van der Waals surface area contributed by atoms with Gasteiger partial charge in [-0.25, -0.2) is 4.79 Å². The second-order valence-electron chi connectivity index (χ2n) is 9.11. The van der Waals surface area contributed by atoms with Gasteiger partial charge in [0.2, 0.25) is 0 Å². The molecule has 3 heteroatoms. The summed E-state index contributed by atoms with van der Waals surface area (Å²) < 4.78 is 6.32. The van der Waals surface area contributed by atoms with Crippen LogP contribution in [-0.4, -0.2) is 12.1 Å². The van der Waals surface area contributed by atoms with Crippen molar-refractivity contribution in [2.45, 2.75) is 63.5 Å². The molecule has 0 amide bonds. The second-order valence-corrected chi connectivity index (χ2v) is 9.11. The van der Waals surface area contributed by atoms with Crippen molar-refractivity contribution >= 4 is 11.7 Å². The first-order chi connectivity index (χ1) is 16.3. The summed E-state index contributed by atoms with van der Waals surface area (Å²) >= 11 is 0. The molecular weight excluding hydrogens is 406 g/mol. The van der Waals surface area contributed by atoms with Crippen molar-refractivity contribution < 1.29 is 9.53 Å². The van der Waals surface area contributed by atoms with E-state index >= 15 is 0 Å². The van der Waals surface area contributed by atoms with E-state index in [1.807, 2.05) is 60.7 Å². The molecule has 0 heterocycles. The number of benzene rings is 3. The van der Waals surface area contributed by atoms with Gasteiger partial charge in [-0.2, -0.15) is 0 Å². The maximum Gasteiger partial charge on any atom is 0.333 e. The minimum Gasteiger partial charge on any atom is -0.460 e. The molecule has 172 valence electrons. The molecule has 3 nitrogen and oxygen atoms in total. The Balaban J connectivity index is 1.47. The Morgan fingerprint density at radius 2 is 1.42 bits per heavy atom. The maximum absolute atomic E-state index is 13.5. The average Bonchev–Trinajstić information content (AvgIpc) is 2.89. The summed E-state index contributed by atoms with van der Waals surface area (Å²) in [7, 11) is 0. The van der Waals surface area contributed by atoms with Crippen LogP contribution in [0.5, 0.6) is 0 Å². The van der Waals surface area contributed by atoms with Gasteiger partial charge in [0.15, 0.2) is 6.04 Å². The molecule has 0 spiro atoms. The number of aryl methyl sites for hydroxylation is 1. The standard InChI is InChI=1S/C30H35NO2/c32-30(29(26-19-9-3-10-20-26)31-27-21-11-4-12-22-27)33-28(25-17-7-2-8-18-25)23-13-16-24-14-5-1-6-15-24/h1,3-6,9-12,14-15,19-22,25,28-29,31H,2,7-8,13,16-18,23H2/t28-,29+/m0/s1. The zero-order chi connectivity index (χ0) is 22.7. The summed E-state index contributed by atoms with van der Waals surface area (Å²) in [5, 5.41) is 3.41. The summed E-state index contributed by atoms with van der Waals surface area (Å²) in [6.45, 7) is 0. The summed E-state index contributed by atoms with van der Waals surface area (Å²) in [4.78, 5) is 13.5. The highest BCUT2D eigenvalue weighted by Crippen LogP contribution is 2.32. The monoisotopic (exact) mass is 441 g/mol. The van der Waals surface area contributed by atoms with Gasteiger partial charge in [-0.1, -0.05) is 98.1 Å². The van der Waals surface area contributed by atoms with Crippen molar-refractivity contribution in [3.8, 4) is 0 Å². The topological polar surface area (TPSA) is 38.3 Å². The molecular formula is C30H35NO2. The Kier molecular flexibility index (Phi) is 8.57. The number of rotatable bonds is 10. The lowest BCUT2D eigenvalue weighted by atomic mass is 9.83. The Morgan fingerprint density at radius 1 is 0.818 bits per heavy atom. The van der Waals surface area contributed by atoms with E-state index in [1.54, 1.807) is 0 Å². The largest absolute Gasteiger partial charge is 0.460 e. The smallest absolute Gasteiger partial charge is 0.333 e. The Bertz CT molecular complexity index is 952. The van der Waals surface area contributed by atoms with E-state index in [2.05, 4.69) is 35.6 Å². The molecule has 0 saturated heterocycles. The molecule has 0 radical (unpaired) electrons. The first kappa shape index (κ1) is 23.1. The van der Waals surface area contributed by atoms with Crippen LogP contribution >= 0.6 is 0 Å². The summed E-state index contributed by atoms with van der Waals surface area (Å²) in [5.74, 6) is 0.284. The highest BCUT2D eigenvalue weighted by Gasteiger charge is 2.30. The lowest BCUT2D eigenvalue weighted by molar-refractivity contribution is -0.154. The average molecular weight is 442 g/mol. The van der Waals surface area contributed by atoms with Crippen LogP contribution < -0.4 is 5.32 Å². The predicted octanol–water partition coefficient (Wildman–Crippen LogP) is 7.35. The maximum atomic E-state index is 13.5. The number of carbonyl (C=O) groups is 1. The molecule has 3 aromatic carbocycles. The number of carbonyl (C=O) groups excluding carboxylic acids is 1. The third kappa shape index (κ3) is 6.95. The zero-order valence-corrected chi connectivity index (χ0v) is 19.4. The fraction of sp³-hybridized carbons (Fsp3) is 0.367. The molecule has 1 saturated carbocycles. The number of para-hydroxylation sites is 1. The van der Waals surface area contributed by atoms with Gasteiger partial charge >= 0.3 is 5.97 Å². The summed E-state index contributed by atoms with van der Waals surface area (Å²) in [6.07, 6.45) is 9.03. The normalized spacial score (nSPS) is 16.0. The van der Waals surface area contributed by atoms with E-state index in [9.17, 15) is 4.79 Å². The SMILES string of the molecule is O=C(O[C@@H](CCCc1ccccc1)C1CCCCC1)[C@H](Nc1ccccc1)c1ccccc1. The van der Waals surface area contributed by atoms with Crippen molar-refractivity contribution in [3.63, 3.8) is 0 Å². The molecule has 2 atom stereocenters. The predicted molar refractivity (Wildman–Crippen MR) is 135 cm³/mol. The van der Waals surface area contributed by atoms with E-state index < -0.39 is 6.04 Å². The quantitative estimate of drug-likeness (QED) is 0.334. The van der Waals surface area contributed by atoms with Crippen molar-refractivity contribution in [1.82, 2.24) is 0 Å². The Hall–Kier alpha value is -3.07. The number of anilines is 1. The number of hydrogen-bond acceptors (Lipinski definition) is 3. The van der Waals surface area contributed by atoms with Crippen molar-refractivity contribution in [2.75, 3.05) is 5.32 Å². The highest BCUT2D eigenvalue weighted by molar-refractivity contribution is 5.81. The van der Waals surface area contributed by atoms with E-state index in [-0.39, 0.29) is 12.1 Å². The van der Waals surface area contributed by atoms with Crippen molar-refractivity contribution in [2.24, 2.45) is 5.92 Å². The third-order valence-corrected chi connectivity index (χ3v) is 6.69. The van der Waals surface area contributed by atoms with Gasteiger partial charge in [-0.15, -0.1) is 0 Å². The van der Waals surface area contributed by atoms with Gasteiger partial charge in [0.05, 0.1) is 0 Å². The second kappa shape index (κ2) is 12.2. The van der Waals surface area contributed by atoms with Crippen molar-refractivity contribution in [1.29, 1.82) is 0 Å². The van der Waals surface area contributed by atoms with Crippen LogP contribution in [0.25, 0.3) is 0 Å². The number of ether oxygens (including phenoxy) is 1. The van der Waals surface area contributed by atoms with E-state index in [0.29, 0.717) is 5.92 Å². The molecule has 0 aromatic heterocycles. The van der Waals surface area contributed by atoms with E-state index in [4.69, 9.17) is 4.74 Å². The number of esters is 1. The van der Waals surface area contributed by atoms with Crippen LogP contribution in [0.1, 0.15) is 62.1 Å². The summed E-state index contributed by atoms with van der Waals surface area (Å²) in [5.41, 5.74) is 3.19. The molecule has 33 heavy (non-hydrogen) atoms. The van der Waals surface area contributed by atoms with Gasteiger partial charge in [0, 0.05) is 5.69 Å². The molecule has 1 aliphatic rings. The molecule has 0 aliphatic heterocycles. The van der Waals surface area contributed by atoms with Crippen LogP contribution in [0.2, 0.25) is 0 Å². The van der Waals surface area contributed by atoms with Crippen LogP contribution in [0.3, 0.4) is 0 Å². The lowest BCUT2D eigenvalue weighted by Crippen LogP contribution is -2.33. The molecule has 4 rings (SSSR count). The Labute approximate surface area is 198 Å². The van der Waals surface area contributed by atoms with Gasteiger partial charge in [0.1, 0.15) is 6.10 Å². The van der Waals surface area contributed by atoms with Crippen molar-refractivity contribution in [3.05, 3.63) is 102 Å². The molecule has 1 aliphatic carbocycles. The fourth-order valence-corrected chi connectivity index (χ4v) is 4.89. The first-order valence-corrected chi connectivity index (χ1v) is 12.4. The zero-order valence-electron chi connectivity index (χ0n) is 19.4. The molecule has 1 N–H and O–H groups in total. The molecule has 3 aromatic rings. The molecule has 0 bridgehead atoms. The number of hydrogen-bond donors (Lipinski definition) is 1. The van der Waals surface area contributed by atoms with Gasteiger partial charge < -0.3 is 10.1 Å². The minimum atomic E-state index is -0.520. The highest BCUT2D eigenvalue weighted by atomic mass is 16.5. The van der Waals surface area contributed by atoms with Crippen LogP contribution in [0, 0.1) is 5.92 Å². The van der Waals surface area contributed by atoms with Crippen LogP contribution in [-0.2, 0) is 16.0 Å². The van der Waals surface area contributed by atoms with Crippen LogP contribution in [0.15, 0.2) is 91.0 Å². The fourth-order valence-electron chi connectivity index (χ4n) is 4.89. The Morgan fingerprint density at radius 3 is 2.09 bits per heavy atom. The number of nitrogens with one attached hydrogen (secondary N) is 1. The van der Waals surface area contributed by atoms with Gasteiger partial charge in [-0.05, 0) is 61.3 Å². The third-order valence-electron chi connectivity index (χ3n) is 6.69. The molecule has 1 fully saturated rings. The minimum absolute atomic E-state index is 0.0229. The molecule has 0 unspecified atom stereocenters. The van der Waals surface area contributed by atoms with Gasteiger partial charge in [0.25, 0.3) is 0 Å². The van der Waals surface area contributed by atoms with E-state index in [0.717, 1.165) is 43.4 Å². The lowest BCUT2D eigenvalue weighted by Gasteiger charge is -2.31. The summed E-state index contributed by atoms with van der Waals surface area (Å²) in [6, 6.07) is 29.9. The first-order valence-electron chi connectivity index (χ1n) is 12.4. The van der Waals surface area contributed by atoms with E-state index in [1.165, 1.54) is 24.8 Å². The van der Waals surface area contributed by atoms with Crippen LogP contribution in [0.4, 0.5) is 5.69 Å².